The summed E-state index contributed by atoms with van der Waals surface area (Å²) in [5, 5.41) is 31.1. The Hall–Kier alpha value is -1.30. The van der Waals surface area contributed by atoms with Crippen LogP contribution < -0.4 is 0 Å². The number of carbonyl (C=O) groups excluding carboxylic acids is 2. The topological polar surface area (TPSA) is 94.8 Å². The van der Waals surface area contributed by atoms with E-state index in [9.17, 15) is 24.9 Å². The lowest BCUT2D eigenvalue weighted by Gasteiger charge is -2.54. The second-order valence-corrected chi connectivity index (χ2v) is 9.10. The molecule has 2 fully saturated rings. The van der Waals surface area contributed by atoms with Crippen LogP contribution in [-0.2, 0) is 9.59 Å². The van der Waals surface area contributed by atoms with Crippen molar-refractivity contribution >= 4 is 11.6 Å². The summed E-state index contributed by atoms with van der Waals surface area (Å²) in [6, 6.07) is 0. The number of aliphatic hydroxyl groups excluding tert-OH is 2. The number of fused-ring (bicyclic) bond motifs is 5. The van der Waals surface area contributed by atoms with E-state index in [1.165, 1.54) is 11.1 Å². The van der Waals surface area contributed by atoms with Crippen LogP contribution in [0.1, 0.15) is 52.4 Å². The zero-order valence-electron chi connectivity index (χ0n) is 15.5. The lowest BCUT2D eigenvalue weighted by atomic mass is 9.50. The van der Waals surface area contributed by atoms with Crippen molar-refractivity contribution in [2.45, 2.75) is 64.1 Å². The van der Waals surface area contributed by atoms with Crippen molar-refractivity contribution in [3.63, 3.8) is 0 Å². The van der Waals surface area contributed by atoms with Gasteiger partial charge in [-0.15, -0.1) is 0 Å². The van der Waals surface area contributed by atoms with Crippen LogP contribution in [0.3, 0.4) is 0 Å². The molecule has 6 atom stereocenters. The highest BCUT2D eigenvalue weighted by atomic mass is 16.4. The van der Waals surface area contributed by atoms with Crippen LogP contribution in [0, 0.1) is 22.7 Å². The van der Waals surface area contributed by atoms with Gasteiger partial charge in [-0.2, -0.15) is 0 Å². The van der Waals surface area contributed by atoms with Gasteiger partial charge in [-0.25, -0.2) is 0 Å². The third-order valence-electron chi connectivity index (χ3n) is 8.13. The molecule has 5 heteroatoms. The van der Waals surface area contributed by atoms with Gasteiger partial charge in [0, 0.05) is 17.3 Å². The third-order valence-corrected chi connectivity index (χ3v) is 8.13. The first-order chi connectivity index (χ1) is 12.2. The zero-order valence-corrected chi connectivity index (χ0v) is 15.5. The highest BCUT2D eigenvalue weighted by molar-refractivity contribution is 5.92. The summed E-state index contributed by atoms with van der Waals surface area (Å²) in [5.74, 6) is -0.289. The van der Waals surface area contributed by atoms with E-state index in [0.29, 0.717) is 19.3 Å². The molecule has 142 valence electrons. The van der Waals surface area contributed by atoms with E-state index in [1.54, 1.807) is 0 Å². The van der Waals surface area contributed by atoms with Crippen LogP contribution >= 0.6 is 0 Å². The fourth-order valence-electron chi connectivity index (χ4n) is 6.50. The number of carbonyl (C=O) groups is 2. The minimum atomic E-state index is -1.89. The Morgan fingerprint density at radius 1 is 1.31 bits per heavy atom. The molecule has 4 aliphatic rings. The molecule has 0 saturated heterocycles. The van der Waals surface area contributed by atoms with Crippen molar-refractivity contribution in [2.75, 3.05) is 6.61 Å². The summed E-state index contributed by atoms with van der Waals surface area (Å²) in [6.07, 6.45) is 6.78. The summed E-state index contributed by atoms with van der Waals surface area (Å²) in [4.78, 5) is 24.2. The van der Waals surface area contributed by atoms with Gasteiger partial charge in [0.25, 0.3) is 0 Å². The molecule has 0 unspecified atom stereocenters. The minimum Gasteiger partial charge on any atom is -0.390 e. The summed E-state index contributed by atoms with van der Waals surface area (Å²) >= 11 is 0. The number of allylic oxidation sites excluding steroid dienone is 4. The molecule has 26 heavy (non-hydrogen) atoms. The van der Waals surface area contributed by atoms with Gasteiger partial charge in [-0.05, 0) is 50.0 Å². The predicted octanol–water partition coefficient (Wildman–Crippen LogP) is 1.70. The largest absolute Gasteiger partial charge is 0.390 e. The van der Waals surface area contributed by atoms with Gasteiger partial charge < -0.3 is 15.3 Å². The number of aliphatic hydroxyl groups is 3. The van der Waals surface area contributed by atoms with Crippen molar-refractivity contribution in [3.8, 4) is 0 Å². The fraction of sp³-hybridized carbons (Fsp3) is 0.714. The number of hydrogen-bond acceptors (Lipinski definition) is 5. The Balaban J connectivity index is 1.78. The minimum absolute atomic E-state index is 0.00555. The number of hydrogen-bond donors (Lipinski definition) is 3. The average Bonchev–Trinajstić information content (AvgIpc) is 2.83. The smallest absolute Gasteiger partial charge is 0.192 e. The molecule has 3 N–H and O–H groups in total. The monoisotopic (exact) mass is 360 g/mol. The van der Waals surface area contributed by atoms with Gasteiger partial charge in [0.15, 0.2) is 17.2 Å². The quantitative estimate of drug-likeness (QED) is 0.652. The van der Waals surface area contributed by atoms with Gasteiger partial charge in [0.2, 0.25) is 0 Å². The first-order valence-electron chi connectivity index (χ1n) is 9.67. The van der Waals surface area contributed by atoms with Crippen LogP contribution in [0.4, 0.5) is 0 Å². The summed E-state index contributed by atoms with van der Waals surface area (Å²) in [5.41, 5.74) is -0.265. The van der Waals surface area contributed by atoms with Gasteiger partial charge in [-0.3, -0.25) is 9.59 Å². The molecule has 0 aromatic carbocycles. The van der Waals surface area contributed by atoms with Crippen LogP contribution in [-0.4, -0.2) is 45.2 Å². The summed E-state index contributed by atoms with van der Waals surface area (Å²) in [7, 11) is 0. The van der Waals surface area contributed by atoms with E-state index in [-0.39, 0.29) is 23.0 Å². The Kier molecular flexibility index (Phi) is 3.89. The molecule has 0 aromatic heterocycles. The Morgan fingerprint density at radius 3 is 2.73 bits per heavy atom. The second-order valence-electron chi connectivity index (χ2n) is 9.10. The Labute approximate surface area is 153 Å². The predicted molar refractivity (Wildman–Crippen MR) is 95.1 cm³/mol. The van der Waals surface area contributed by atoms with Crippen molar-refractivity contribution in [3.05, 3.63) is 23.3 Å². The van der Waals surface area contributed by atoms with E-state index in [2.05, 4.69) is 13.0 Å². The average molecular weight is 360 g/mol. The van der Waals surface area contributed by atoms with Crippen LogP contribution in [0.25, 0.3) is 0 Å². The van der Waals surface area contributed by atoms with E-state index in [0.717, 1.165) is 19.3 Å². The molecule has 0 radical (unpaired) electrons. The lowest BCUT2D eigenvalue weighted by Crippen LogP contribution is -2.59. The van der Waals surface area contributed by atoms with Crippen molar-refractivity contribution < 1.29 is 24.9 Å². The molecule has 0 aliphatic heterocycles. The van der Waals surface area contributed by atoms with Crippen molar-refractivity contribution in [2.24, 2.45) is 22.7 Å². The molecule has 4 aliphatic carbocycles. The van der Waals surface area contributed by atoms with Crippen molar-refractivity contribution in [1.82, 2.24) is 0 Å². The molecule has 0 heterocycles. The maximum atomic E-state index is 12.4. The molecule has 0 bridgehead atoms. The first-order valence-corrected chi connectivity index (χ1v) is 9.67. The molecular weight excluding hydrogens is 332 g/mol. The Bertz CT molecular complexity index is 737. The molecule has 4 rings (SSSR count). The van der Waals surface area contributed by atoms with E-state index in [4.69, 9.17) is 0 Å². The van der Waals surface area contributed by atoms with Gasteiger partial charge in [-0.1, -0.05) is 31.1 Å². The van der Waals surface area contributed by atoms with Gasteiger partial charge >= 0.3 is 0 Å². The maximum Gasteiger partial charge on any atom is 0.192 e. The van der Waals surface area contributed by atoms with Gasteiger partial charge in [0.1, 0.15) is 6.61 Å². The number of rotatable bonds is 2. The van der Waals surface area contributed by atoms with E-state index in [1.807, 2.05) is 13.0 Å². The SMILES string of the molecule is C[C@]12CCC(=O)C=C1CC[C@@H]1C2=CC[C@@]2(C)[C@H]1C[C@@H](O)[C@]2(O)C(=O)CO. The first kappa shape index (κ1) is 18.1. The molecular formula is C21H28O5. The normalized spacial score (nSPS) is 47.4. The fourth-order valence-corrected chi connectivity index (χ4v) is 6.50. The standard InChI is InChI=1S/C21H28O5/c1-19-7-5-13(23)9-12(19)3-4-14-15(19)6-8-20(2)16(14)10-17(24)21(20,26)18(25)11-22/h6,9,14,16-17,22,24,26H,3-5,7-8,10-11H2,1-2H3/t14-,16+,17-,19+,20+,21+/m1/s1. The highest BCUT2D eigenvalue weighted by Gasteiger charge is 2.68. The lowest BCUT2D eigenvalue weighted by molar-refractivity contribution is -0.169. The van der Waals surface area contributed by atoms with E-state index >= 15 is 0 Å². The summed E-state index contributed by atoms with van der Waals surface area (Å²) in [6.45, 7) is 3.33. The van der Waals surface area contributed by atoms with Crippen LogP contribution in [0.2, 0.25) is 0 Å². The van der Waals surface area contributed by atoms with Crippen LogP contribution in [0.5, 0.6) is 0 Å². The zero-order chi connectivity index (χ0) is 18.9. The molecule has 0 aromatic rings. The Morgan fingerprint density at radius 2 is 2.04 bits per heavy atom. The van der Waals surface area contributed by atoms with Gasteiger partial charge in [0.05, 0.1) is 6.10 Å². The third kappa shape index (κ3) is 2.02. The molecule has 2 saturated carbocycles. The molecule has 5 nitrogen and oxygen atoms in total. The van der Waals surface area contributed by atoms with Crippen LogP contribution in [0.15, 0.2) is 23.3 Å². The molecule has 0 spiro atoms. The number of Topliss-reactive ketones (excluding diaryl/α,β-unsaturated/α-hetero) is 1. The van der Waals surface area contributed by atoms with Crippen molar-refractivity contribution in [1.29, 1.82) is 0 Å². The number of ketones is 2. The maximum absolute atomic E-state index is 12.4. The summed E-state index contributed by atoms with van der Waals surface area (Å²) < 4.78 is 0. The molecule has 0 amide bonds. The van der Waals surface area contributed by atoms with E-state index < -0.39 is 29.5 Å². The highest BCUT2D eigenvalue weighted by Crippen LogP contribution is 2.65. The second kappa shape index (κ2) is 5.60.